The molecule has 21 heavy (non-hydrogen) atoms. The number of benzene rings is 1. The van der Waals surface area contributed by atoms with Crippen LogP contribution in [0.2, 0.25) is 5.02 Å². The molecule has 0 amide bonds. The summed E-state index contributed by atoms with van der Waals surface area (Å²) in [7, 11) is 1.68. The second-order valence-electron chi connectivity index (χ2n) is 4.83. The van der Waals surface area contributed by atoms with Crippen molar-refractivity contribution in [3.8, 4) is 0 Å². The molecule has 0 aliphatic carbocycles. The molecular formula is C15H19ClFN3O. The highest BCUT2D eigenvalue weighted by Crippen LogP contribution is 2.17. The van der Waals surface area contributed by atoms with Crippen molar-refractivity contribution in [2.24, 2.45) is 0 Å². The molecule has 1 heterocycles. The average molecular weight is 312 g/mol. The Kier molecular flexibility index (Phi) is 5.73. The van der Waals surface area contributed by atoms with Crippen molar-refractivity contribution < 1.29 is 9.13 Å². The van der Waals surface area contributed by atoms with Crippen molar-refractivity contribution in [3.05, 3.63) is 52.1 Å². The molecule has 1 aromatic carbocycles. The van der Waals surface area contributed by atoms with Crippen LogP contribution >= 0.6 is 11.6 Å². The molecule has 1 N–H and O–H groups in total. The minimum Gasteiger partial charge on any atom is -0.383 e. The molecule has 4 nitrogen and oxygen atoms in total. The lowest BCUT2D eigenvalue weighted by Gasteiger charge is -2.07. The Morgan fingerprint density at radius 3 is 2.95 bits per heavy atom. The van der Waals surface area contributed by atoms with Crippen molar-refractivity contribution in [2.45, 2.75) is 20.0 Å². The van der Waals surface area contributed by atoms with Gasteiger partial charge < -0.3 is 10.1 Å². The maximum atomic E-state index is 13.4. The van der Waals surface area contributed by atoms with Crippen LogP contribution in [0.3, 0.4) is 0 Å². The van der Waals surface area contributed by atoms with Crippen LogP contribution in [0.5, 0.6) is 0 Å². The summed E-state index contributed by atoms with van der Waals surface area (Å²) in [4.78, 5) is 0. The first-order valence-corrected chi connectivity index (χ1v) is 7.14. The van der Waals surface area contributed by atoms with Crippen molar-refractivity contribution in [2.75, 3.05) is 20.3 Å². The smallest absolute Gasteiger partial charge is 0.142 e. The predicted octanol–water partition coefficient (Wildman–Crippen LogP) is 2.77. The van der Waals surface area contributed by atoms with Gasteiger partial charge in [-0.25, -0.2) is 4.39 Å². The number of aromatic nitrogens is 2. The normalized spacial score (nSPS) is 11.0. The van der Waals surface area contributed by atoms with Crippen molar-refractivity contribution in [3.63, 3.8) is 0 Å². The van der Waals surface area contributed by atoms with Gasteiger partial charge in [-0.15, -0.1) is 0 Å². The van der Waals surface area contributed by atoms with Gasteiger partial charge in [-0.2, -0.15) is 5.10 Å². The summed E-state index contributed by atoms with van der Waals surface area (Å²) in [5.74, 6) is -0.402. The van der Waals surface area contributed by atoms with Gasteiger partial charge in [0.05, 0.1) is 24.4 Å². The van der Waals surface area contributed by atoms with Crippen LogP contribution in [0, 0.1) is 12.7 Å². The second kappa shape index (κ2) is 7.54. The lowest BCUT2D eigenvalue weighted by atomic mass is 10.2. The summed E-state index contributed by atoms with van der Waals surface area (Å²) < 4.78 is 20.3. The maximum absolute atomic E-state index is 13.4. The van der Waals surface area contributed by atoms with Crippen LogP contribution in [-0.2, 0) is 17.8 Å². The van der Waals surface area contributed by atoms with Crippen LogP contribution in [0.25, 0.3) is 0 Å². The van der Waals surface area contributed by atoms with E-state index in [0.717, 1.165) is 29.9 Å². The van der Waals surface area contributed by atoms with Gasteiger partial charge in [0.25, 0.3) is 0 Å². The van der Waals surface area contributed by atoms with Gasteiger partial charge in [0.1, 0.15) is 5.82 Å². The van der Waals surface area contributed by atoms with E-state index in [1.165, 1.54) is 6.07 Å². The van der Waals surface area contributed by atoms with Crippen LogP contribution in [0.4, 0.5) is 4.39 Å². The topological polar surface area (TPSA) is 39.1 Å². The Hall–Kier alpha value is -1.43. The highest BCUT2D eigenvalue weighted by atomic mass is 35.5. The van der Waals surface area contributed by atoms with Crippen molar-refractivity contribution in [1.29, 1.82) is 0 Å². The standard InChI is InChI=1S/C15H19ClFN3O/c1-11-13(8-18-5-6-21-2)9-19-20(11)10-12-3-4-14(16)15(17)7-12/h3-4,7,9,18H,5-6,8,10H2,1-2H3. The monoisotopic (exact) mass is 311 g/mol. The van der Waals surface area contributed by atoms with E-state index in [0.29, 0.717) is 13.2 Å². The summed E-state index contributed by atoms with van der Waals surface area (Å²) in [5, 5.41) is 7.77. The minimum atomic E-state index is -0.402. The van der Waals surface area contributed by atoms with Gasteiger partial charge in [0.2, 0.25) is 0 Å². The number of halogens is 2. The number of ether oxygens (including phenoxy) is 1. The Morgan fingerprint density at radius 1 is 1.43 bits per heavy atom. The fourth-order valence-electron chi connectivity index (χ4n) is 2.03. The Bertz CT molecular complexity index is 601. The third kappa shape index (κ3) is 4.27. The third-order valence-corrected chi connectivity index (χ3v) is 3.63. The van der Waals surface area contributed by atoms with Gasteiger partial charge in [-0.3, -0.25) is 4.68 Å². The first kappa shape index (κ1) is 15.9. The number of nitrogens with zero attached hydrogens (tertiary/aromatic N) is 2. The van der Waals surface area contributed by atoms with Crippen molar-refractivity contribution >= 4 is 11.6 Å². The summed E-state index contributed by atoms with van der Waals surface area (Å²) in [6, 6.07) is 4.82. The van der Waals surface area contributed by atoms with E-state index in [9.17, 15) is 4.39 Å². The van der Waals surface area contributed by atoms with Gasteiger partial charge >= 0.3 is 0 Å². The first-order valence-electron chi connectivity index (χ1n) is 6.76. The summed E-state index contributed by atoms with van der Waals surface area (Å²) >= 11 is 5.69. The van der Waals surface area contributed by atoms with E-state index in [4.69, 9.17) is 16.3 Å². The number of rotatable bonds is 7. The van der Waals surface area contributed by atoms with E-state index in [-0.39, 0.29) is 5.02 Å². The fourth-order valence-corrected chi connectivity index (χ4v) is 2.14. The highest BCUT2D eigenvalue weighted by Gasteiger charge is 2.08. The van der Waals surface area contributed by atoms with Crippen LogP contribution in [0.15, 0.2) is 24.4 Å². The summed E-state index contributed by atoms with van der Waals surface area (Å²) in [6.07, 6.45) is 1.83. The Labute approximate surface area is 128 Å². The maximum Gasteiger partial charge on any atom is 0.142 e. The lowest BCUT2D eigenvalue weighted by Crippen LogP contribution is -2.18. The molecule has 114 valence electrons. The molecule has 0 aliphatic heterocycles. The zero-order valence-corrected chi connectivity index (χ0v) is 13.0. The number of hydrogen-bond donors (Lipinski definition) is 1. The second-order valence-corrected chi connectivity index (χ2v) is 5.24. The average Bonchev–Trinajstić information content (AvgIpc) is 2.80. The largest absolute Gasteiger partial charge is 0.383 e. The Morgan fingerprint density at radius 2 is 2.24 bits per heavy atom. The molecule has 0 saturated carbocycles. The number of hydrogen-bond acceptors (Lipinski definition) is 3. The van der Waals surface area contributed by atoms with Gasteiger partial charge in [0.15, 0.2) is 0 Å². The Balaban J connectivity index is 2.00. The molecule has 0 radical (unpaired) electrons. The molecule has 6 heteroatoms. The van der Waals surface area contributed by atoms with Gasteiger partial charge in [-0.05, 0) is 24.6 Å². The first-order chi connectivity index (χ1) is 10.1. The molecule has 0 atom stereocenters. The third-order valence-electron chi connectivity index (χ3n) is 3.32. The van der Waals surface area contributed by atoms with Crippen LogP contribution in [-0.4, -0.2) is 30.0 Å². The van der Waals surface area contributed by atoms with E-state index >= 15 is 0 Å². The zero-order chi connectivity index (χ0) is 15.2. The number of nitrogens with one attached hydrogen (secondary N) is 1. The lowest BCUT2D eigenvalue weighted by molar-refractivity contribution is 0.199. The minimum absolute atomic E-state index is 0.138. The van der Waals surface area contributed by atoms with Gasteiger partial charge in [-0.1, -0.05) is 17.7 Å². The van der Waals surface area contributed by atoms with Gasteiger partial charge in [0, 0.05) is 31.5 Å². The van der Waals surface area contributed by atoms with E-state index in [2.05, 4.69) is 10.4 Å². The van der Waals surface area contributed by atoms with Crippen LogP contribution < -0.4 is 5.32 Å². The van der Waals surface area contributed by atoms with Crippen LogP contribution in [0.1, 0.15) is 16.8 Å². The molecule has 1 aromatic heterocycles. The molecule has 0 spiro atoms. The van der Waals surface area contributed by atoms with Crippen molar-refractivity contribution in [1.82, 2.24) is 15.1 Å². The SMILES string of the molecule is COCCNCc1cnn(Cc2ccc(Cl)c(F)c2)c1C. The molecule has 0 bridgehead atoms. The summed E-state index contributed by atoms with van der Waals surface area (Å²) in [6.45, 7) is 4.75. The van der Waals surface area contributed by atoms with E-state index in [1.54, 1.807) is 13.2 Å². The quantitative estimate of drug-likeness (QED) is 0.799. The summed E-state index contributed by atoms with van der Waals surface area (Å²) in [5.41, 5.74) is 3.03. The molecule has 0 fully saturated rings. The molecule has 2 rings (SSSR count). The zero-order valence-electron chi connectivity index (χ0n) is 12.2. The molecule has 0 aliphatic rings. The van der Waals surface area contributed by atoms with E-state index in [1.807, 2.05) is 23.9 Å². The fraction of sp³-hybridized carbons (Fsp3) is 0.400. The van der Waals surface area contributed by atoms with E-state index < -0.39 is 5.82 Å². The predicted molar refractivity (Wildman–Crippen MR) is 81.1 cm³/mol. The number of methoxy groups -OCH3 is 1. The highest BCUT2D eigenvalue weighted by molar-refractivity contribution is 6.30. The molecule has 0 saturated heterocycles. The molecular weight excluding hydrogens is 293 g/mol. The molecule has 2 aromatic rings. The molecule has 0 unspecified atom stereocenters.